The van der Waals surface area contributed by atoms with Gasteiger partial charge in [-0.15, -0.1) is 6.58 Å². The fraction of sp³-hybridized carbons (Fsp3) is 0.633. The first-order valence-corrected chi connectivity index (χ1v) is 21.8. The molecule has 0 radical (unpaired) electrons. The van der Waals surface area contributed by atoms with Crippen LogP contribution in [0.3, 0.4) is 0 Å². The summed E-state index contributed by atoms with van der Waals surface area (Å²) >= 11 is 0. The lowest BCUT2D eigenvalue weighted by Crippen LogP contribution is -2.49. The highest BCUT2D eigenvalue weighted by molar-refractivity contribution is 5.88. The molecule has 0 aliphatic heterocycles. The number of nitrogens with zero attached hydrogens (tertiary/aromatic N) is 4. The van der Waals surface area contributed by atoms with E-state index in [9.17, 15) is 41.8 Å². The lowest BCUT2D eigenvalue weighted by Gasteiger charge is -2.36. The van der Waals surface area contributed by atoms with Gasteiger partial charge in [0.05, 0.1) is 23.7 Å². The number of aromatic nitrogens is 1. The Hall–Kier alpha value is -5.15. The number of carboxylic acid groups (broad SMARTS) is 1. The zero-order valence-corrected chi connectivity index (χ0v) is 40.1. The Labute approximate surface area is 391 Å². The van der Waals surface area contributed by atoms with Gasteiger partial charge in [0.2, 0.25) is 0 Å². The summed E-state index contributed by atoms with van der Waals surface area (Å²) in [6, 6.07) is 7.20. The van der Waals surface area contributed by atoms with Crippen molar-refractivity contribution in [3.8, 4) is 0 Å². The molecule has 0 saturated heterocycles. The van der Waals surface area contributed by atoms with E-state index >= 15 is 0 Å². The highest BCUT2D eigenvalue weighted by Gasteiger charge is 2.53. The zero-order chi connectivity index (χ0) is 50.6. The molecule has 1 aromatic heterocycles. The molecule has 1 heterocycles. The number of halogens is 4. The molecule has 2 aliphatic rings. The topological polar surface area (TPSA) is 177 Å². The van der Waals surface area contributed by atoms with E-state index in [1.807, 2.05) is 58.8 Å². The second-order valence-electron chi connectivity index (χ2n) is 16.4. The number of esters is 3. The number of hydrogen-bond donors (Lipinski definition) is 2. The van der Waals surface area contributed by atoms with Crippen molar-refractivity contribution in [2.24, 2.45) is 9.98 Å². The molecule has 2 atom stereocenters. The van der Waals surface area contributed by atoms with E-state index in [4.69, 9.17) is 9.84 Å². The third kappa shape index (κ3) is 25.5. The first kappa shape index (κ1) is 65.1. The third-order valence-corrected chi connectivity index (χ3v) is 9.58. The molecular formula is C49H78F4N4O9. The molecule has 2 saturated carbocycles. The van der Waals surface area contributed by atoms with Gasteiger partial charge in [-0.05, 0) is 111 Å². The van der Waals surface area contributed by atoms with Gasteiger partial charge in [-0.1, -0.05) is 72.8 Å². The molecule has 2 N–H and O–H groups in total. The Morgan fingerprint density at radius 2 is 1.18 bits per heavy atom. The first-order chi connectivity index (χ1) is 30.1. The van der Waals surface area contributed by atoms with Crippen molar-refractivity contribution in [3.63, 3.8) is 0 Å². The quantitative estimate of drug-likeness (QED) is 0.0402. The molecular weight excluding hydrogens is 865 g/mol. The summed E-state index contributed by atoms with van der Waals surface area (Å²) in [6.45, 7) is 27.1. The summed E-state index contributed by atoms with van der Waals surface area (Å²) < 4.78 is 68.7. The van der Waals surface area contributed by atoms with Gasteiger partial charge in [-0.3, -0.25) is 4.98 Å². The number of alkyl halides is 4. The minimum absolute atomic E-state index is 0. The van der Waals surface area contributed by atoms with Crippen molar-refractivity contribution >= 4 is 35.6 Å². The average Bonchev–Trinajstić information content (AvgIpc) is 3.25. The Bertz CT molecular complexity index is 1710. The summed E-state index contributed by atoms with van der Waals surface area (Å²) in [6.07, 6.45) is 11.2. The molecule has 2 aliphatic carbocycles. The van der Waals surface area contributed by atoms with Crippen LogP contribution in [-0.2, 0) is 33.4 Å². The molecule has 17 heteroatoms. The van der Waals surface area contributed by atoms with Crippen LogP contribution in [0, 0.1) is 0 Å². The van der Waals surface area contributed by atoms with Crippen LogP contribution in [-0.4, -0.2) is 107 Å². The lowest BCUT2D eigenvalue weighted by molar-refractivity contribution is -0.207. The van der Waals surface area contributed by atoms with Gasteiger partial charge < -0.3 is 29.3 Å². The normalized spacial score (nSPS) is 15.5. The van der Waals surface area contributed by atoms with E-state index in [0.717, 1.165) is 44.9 Å². The van der Waals surface area contributed by atoms with E-state index < -0.39 is 59.1 Å². The summed E-state index contributed by atoms with van der Waals surface area (Å²) in [5.74, 6) is -14.0. The number of carbonyl (C=O) groups is 4. The Balaban J connectivity index is -0.000000797. The Morgan fingerprint density at radius 1 is 0.788 bits per heavy atom. The summed E-state index contributed by atoms with van der Waals surface area (Å²) in [7, 11) is 4.02. The van der Waals surface area contributed by atoms with E-state index in [0.29, 0.717) is 24.9 Å². The number of carbonyl (C=O) groups excluding carboxylic acids is 3. The third-order valence-electron chi connectivity index (χ3n) is 9.58. The predicted octanol–water partition coefficient (Wildman–Crippen LogP) is 11.2. The van der Waals surface area contributed by atoms with Crippen molar-refractivity contribution in [2.75, 3.05) is 19.0 Å². The minimum atomic E-state index is -4.08. The predicted molar refractivity (Wildman–Crippen MR) is 253 cm³/mol. The number of aliphatic carboxylic acids is 1. The maximum Gasteiger partial charge on any atom is 0.381 e. The minimum Gasteiger partial charge on any atom is -0.477 e. The summed E-state index contributed by atoms with van der Waals surface area (Å²) in [5, 5.41) is 17.8. The number of anilines is 1. The maximum atomic E-state index is 14.4. The number of aliphatic imine (C=N–C) groups is 2. The average molecular weight is 943 g/mol. The van der Waals surface area contributed by atoms with Crippen LogP contribution >= 0.6 is 0 Å². The second-order valence-corrected chi connectivity index (χ2v) is 16.4. The molecule has 2 unspecified atom stereocenters. The van der Waals surface area contributed by atoms with Crippen molar-refractivity contribution in [2.45, 2.75) is 187 Å². The molecule has 0 bridgehead atoms. The number of hydrogen-bond acceptors (Lipinski definition) is 12. The standard InChI is InChI=1S/C17H24F2O4.C9H12F2O4.C8H14O.C7H10N2.C7H14N2.CH4/c1-5-13(22-14(20)12(3)4)17(18,19)15(21)23-16(6-2)10-8-7-9-11-16;1-4-6(9(10,11)8(13)14)15-7(12)5(2)3;1-2-8(9)6-4-3-5-7-8;1-9(2)7-3-5-8-6-4-7;1-6(2)8-5-9-7(3)4;/h6,13H,2-3,5,7-11H2,1,4H3;6H,2,4H2,1,3H3,(H,13,14);2,9H,1,3-7H2;3-6H,1-2H3;6-7H,1-4H3;1H4. The molecule has 0 amide bonds. The highest BCUT2D eigenvalue weighted by atomic mass is 19.3. The zero-order valence-electron chi connectivity index (χ0n) is 40.1. The van der Waals surface area contributed by atoms with Gasteiger partial charge in [0.25, 0.3) is 0 Å². The fourth-order valence-electron chi connectivity index (χ4n) is 5.58. The van der Waals surface area contributed by atoms with Crippen LogP contribution in [0.25, 0.3) is 0 Å². The highest BCUT2D eigenvalue weighted by Crippen LogP contribution is 2.36. The maximum absolute atomic E-state index is 14.4. The summed E-state index contributed by atoms with van der Waals surface area (Å²) in [5.41, 5.74) is -0.463. The SMILES string of the molecule is C.C=C(C)C(=O)OC(CC)C(F)(F)C(=O)O.C=CC1(O)CCCCC1.C=CC1(OC(=O)C(F)(F)C(CC)OC(=O)C(=C)C)CCCCC1.CC(C)N=C=NC(C)C.CN(C)c1ccncc1. The van der Waals surface area contributed by atoms with Crippen LogP contribution in [0.15, 0.2) is 84.1 Å². The van der Waals surface area contributed by atoms with E-state index in [-0.39, 0.29) is 31.4 Å². The molecule has 3 rings (SSSR count). The van der Waals surface area contributed by atoms with Crippen LogP contribution < -0.4 is 4.90 Å². The number of aliphatic hydroxyl groups is 1. The van der Waals surface area contributed by atoms with Crippen LogP contribution in [0.2, 0.25) is 0 Å². The smallest absolute Gasteiger partial charge is 0.381 e. The second kappa shape index (κ2) is 32.5. The monoisotopic (exact) mass is 943 g/mol. The van der Waals surface area contributed by atoms with Gasteiger partial charge >= 0.3 is 35.7 Å². The number of ether oxygens (including phenoxy) is 3. The Kier molecular flexibility index (Phi) is 32.1. The van der Waals surface area contributed by atoms with Gasteiger partial charge in [0.1, 0.15) is 5.60 Å². The molecule has 0 spiro atoms. The lowest BCUT2D eigenvalue weighted by atomic mass is 9.84. The van der Waals surface area contributed by atoms with Gasteiger partial charge in [0.15, 0.2) is 12.2 Å². The van der Waals surface area contributed by atoms with Crippen molar-refractivity contribution in [1.29, 1.82) is 0 Å². The molecule has 2 fully saturated rings. The van der Waals surface area contributed by atoms with Crippen LogP contribution in [0.4, 0.5) is 23.2 Å². The molecule has 66 heavy (non-hydrogen) atoms. The van der Waals surface area contributed by atoms with Crippen LogP contribution in [0.1, 0.15) is 140 Å². The molecule has 0 aromatic carbocycles. The van der Waals surface area contributed by atoms with E-state index in [1.165, 1.54) is 45.9 Å². The van der Waals surface area contributed by atoms with Crippen LogP contribution in [0.5, 0.6) is 0 Å². The number of rotatable bonds is 16. The van der Waals surface area contributed by atoms with Gasteiger partial charge in [-0.25, -0.2) is 29.2 Å². The van der Waals surface area contributed by atoms with Crippen molar-refractivity contribution in [3.05, 3.63) is 74.1 Å². The molecule has 376 valence electrons. The molecule has 1 aromatic rings. The van der Waals surface area contributed by atoms with Crippen molar-refractivity contribution in [1.82, 2.24) is 4.98 Å². The van der Waals surface area contributed by atoms with E-state index in [2.05, 4.69) is 56.8 Å². The number of pyridine rings is 1. The fourth-order valence-corrected chi connectivity index (χ4v) is 5.58. The van der Waals surface area contributed by atoms with Gasteiger partial charge in [-0.2, -0.15) is 17.6 Å². The van der Waals surface area contributed by atoms with Crippen molar-refractivity contribution < 1.29 is 61.2 Å². The Morgan fingerprint density at radius 3 is 1.47 bits per heavy atom. The largest absolute Gasteiger partial charge is 0.477 e. The van der Waals surface area contributed by atoms with E-state index in [1.54, 1.807) is 18.5 Å². The van der Waals surface area contributed by atoms with Gasteiger partial charge in [0, 0.05) is 43.3 Å². The summed E-state index contributed by atoms with van der Waals surface area (Å²) in [4.78, 5) is 58.5. The molecule has 13 nitrogen and oxygen atoms in total. The first-order valence-electron chi connectivity index (χ1n) is 21.8. The number of carboxylic acids is 1.